The fourth-order valence-corrected chi connectivity index (χ4v) is 8.56. The molecule has 0 amide bonds. The van der Waals surface area contributed by atoms with Crippen molar-refractivity contribution in [3.05, 3.63) is 170 Å². The van der Waals surface area contributed by atoms with Gasteiger partial charge in [-0.1, -0.05) is 281 Å². The van der Waals surface area contributed by atoms with Crippen molar-refractivity contribution in [2.45, 2.75) is 277 Å². The van der Waals surface area contributed by atoms with Gasteiger partial charge in [-0.3, -0.25) is 14.4 Å². The Morgan fingerprint density at radius 1 is 0.256 bits per heavy atom. The predicted molar refractivity (Wildman–Crippen MR) is 357 cm³/mol. The lowest BCUT2D eigenvalue weighted by Gasteiger charge is -2.18. The normalized spacial score (nSPS) is 13.3. The van der Waals surface area contributed by atoms with E-state index < -0.39 is 6.10 Å². The SMILES string of the molecule is CC/C=C\C/C=C\C/C=C\C/C=C\C/C=C\C/C=C\C/C=C\C/C=C\CCCCCCCCCCC(=O)OCC(COC(=O)CC/C=C\C/C=C\C/C=C\C/C=C\CC)OC(=O)CCCCCCCCC/C=C\C/C=C\CCCCCC. The second kappa shape index (κ2) is 68.3. The molecule has 0 bridgehead atoms. The fourth-order valence-electron chi connectivity index (χ4n) is 8.56. The molecule has 1 unspecified atom stereocenters. The maximum absolute atomic E-state index is 12.9. The van der Waals surface area contributed by atoms with Crippen LogP contribution in [-0.4, -0.2) is 37.2 Å². The molecule has 0 spiro atoms. The molecule has 0 rings (SSSR count). The molecule has 0 N–H and O–H groups in total. The number of allylic oxidation sites excluding steroid dienone is 28. The van der Waals surface area contributed by atoms with Gasteiger partial charge in [0.05, 0.1) is 0 Å². The van der Waals surface area contributed by atoms with E-state index >= 15 is 0 Å². The van der Waals surface area contributed by atoms with E-state index in [0.29, 0.717) is 19.3 Å². The minimum Gasteiger partial charge on any atom is -0.462 e. The molecule has 0 aromatic carbocycles. The molecule has 6 heteroatoms. The molecular weight excluding hydrogens is 1010 g/mol. The van der Waals surface area contributed by atoms with Crippen molar-refractivity contribution in [2.75, 3.05) is 13.2 Å². The molecular formula is C76H120O6. The Balaban J connectivity index is 4.36. The highest BCUT2D eigenvalue weighted by Gasteiger charge is 2.19. The van der Waals surface area contributed by atoms with Gasteiger partial charge in [-0.2, -0.15) is 0 Å². The van der Waals surface area contributed by atoms with Gasteiger partial charge in [0.2, 0.25) is 0 Å². The molecule has 1 atom stereocenters. The first-order chi connectivity index (χ1) is 40.5. The molecule has 0 saturated heterocycles. The van der Waals surface area contributed by atoms with Crippen LogP contribution < -0.4 is 0 Å². The fraction of sp³-hybridized carbons (Fsp3) is 0.592. The summed E-state index contributed by atoms with van der Waals surface area (Å²) in [6, 6.07) is 0. The zero-order valence-corrected chi connectivity index (χ0v) is 52.7. The lowest BCUT2D eigenvalue weighted by atomic mass is 10.1. The average Bonchev–Trinajstić information content (AvgIpc) is 3.47. The quantitative estimate of drug-likeness (QED) is 0.0261. The summed E-state index contributed by atoms with van der Waals surface area (Å²) in [7, 11) is 0. The van der Waals surface area contributed by atoms with Crippen LogP contribution in [0.25, 0.3) is 0 Å². The summed E-state index contributed by atoms with van der Waals surface area (Å²) >= 11 is 0. The Morgan fingerprint density at radius 3 is 0.817 bits per heavy atom. The monoisotopic (exact) mass is 1130 g/mol. The molecule has 82 heavy (non-hydrogen) atoms. The zero-order chi connectivity index (χ0) is 59.2. The van der Waals surface area contributed by atoms with Crippen molar-refractivity contribution < 1.29 is 28.6 Å². The van der Waals surface area contributed by atoms with E-state index in [4.69, 9.17) is 14.2 Å². The summed E-state index contributed by atoms with van der Waals surface area (Å²) in [4.78, 5) is 38.3. The molecule has 0 radical (unpaired) electrons. The third-order valence-electron chi connectivity index (χ3n) is 13.4. The molecule has 460 valence electrons. The van der Waals surface area contributed by atoms with E-state index in [-0.39, 0.29) is 37.5 Å². The third-order valence-corrected chi connectivity index (χ3v) is 13.4. The smallest absolute Gasteiger partial charge is 0.306 e. The number of carbonyl (C=O) groups is 3. The van der Waals surface area contributed by atoms with Crippen molar-refractivity contribution in [1.29, 1.82) is 0 Å². The van der Waals surface area contributed by atoms with Crippen LogP contribution in [0.15, 0.2) is 170 Å². The first-order valence-corrected chi connectivity index (χ1v) is 33.1. The minimum atomic E-state index is -0.824. The van der Waals surface area contributed by atoms with E-state index in [1.807, 2.05) is 6.08 Å². The number of hydrogen-bond donors (Lipinski definition) is 0. The largest absolute Gasteiger partial charge is 0.462 e. The Labute approximate surface area is 504 Å². The summed E-state index contributed by atoms with van der Waals surface area (Å²) in [5.41, 5.74) is 0. The second-order valence-electron chi connectivity index (χ2n) is 21.3. The number of carbonyl (C=O) groups excluding carboxylic acids is 3. The van der Waals surface area contributed by atoms with Crippen molar-refractivity contribution >= 4 is 17.9 Å². The highest BCUT2D eigenvalue weighted by Crippen LogP contribution is 2.14. The lowest BCUT2D eigenvalue weighted by molar-refractivity contribution is -0.166. The summed E-state index contributed by atoms with van der Waals surface area (Å²) in [6.45, 7) is 6.31. The maximum Gasteiger partial charge on any atom is 0.306 e. The molecule has 0 aromatic rings. The molecule has 0 aliphatic heterocycles. The van der Waals surface area contributed by atoms with E-state index in [2.05, 4.69) is 185 Å². The van der Waals surface area contributed by atoms with Gasteiger partial charge < -0.3 is 14.2 Å². The van der Waals surface area contributed by atoms with Crippen LogP contribution in [0.2, 0.25) is 0 Å². The van der Waals surface area contributed by atoms with E-state index in [9.17, 15) is 14.4 Å². The topological polar surface area (TPSA) is 78.9 Å². The highest BCUT2D eigenvalue weighted by molar-refractivity contribution is 5.71. The van der Waals surface area contributed by atoms with Crippen LogP contribution in [0.1, 0.15) is 271 Å². The third kappa shape index (κ3) is 65.6. The summed E-state index contributed by atoms with van der Waals surface area (Å²) in [5, 5.41) is 0. The Bertz CT molecular complexity index is 1870. The van der Waals surface area contributed by atoms with Crippen molar-refractivity contribution in [3.8, 4) is 0 Å². The number of rotatable bonds is 58. The summed E-state index contributed by atoms with van der Waals surface area (Å²) in [6.07, 6.45) is 101. The summed E-state index contributed by atoms with van der Waals surface area (Å²) in [5.74, 6) is -1.02. The number of unbranched alkanes of at least 4 members (excludes halogenated alkanes) is 19. The number of ether oxygens (including phenoxy) is 3. The van der Waals surface area contributed by atoms with Crippen LogP contribution >= 0.6 is 0 Å². The molecule has 0 saturated carbocycles. The highest BCUT2D eigenvalue weighted by atomic mass is 16.6. The van der Waals surface area contributed by atoms with E-state index in [0.717, 1.165) is 135 Å². The van der Waals surface area contributed by atoms with Crippen molar-refractivity contribution in [1.82, 2.24) is 0 Å². The first kappa shape index (κ1) is 76.8. The molecule has 6 nitrogen and oxygen atoms in total. The molecule has 0 aliphatic carbocycles. The van der Waals surface area contributed by atoms with Gasteiger partial charge in [-0.15, -0.1) is 0 Å². The summed E-state index contributed by atoms with van der Waals surface area (Å²) < 4.78 is 16.8. The maximum atomic E-state index is 12.9. The molecule has 0 heterocycles. The average molecular weight is 1130 g/mol. The first-order valence-electron chi connectivity index (χ1n) is 33.1. The molecule has 0 aliphatic rings. The zero-order valence-electron chi connectivity index (χ0n) is 52.7. The second-order valence-corrected chi connectivity index (χ2v) is 21.3. The van der Waals surface area contributed by atoms with Crippen molar-refractivity contribution in [2.24, 2.45) is 0 Å². The van der Waals surface area contributed by atoms with Gasteiger partial charge in [0.1, 0.15) is 13.2 Å². The molecule has 0 aromatic heterocycles. The number of hydrogen-bond acceptors (Lipinski definition) is 6. The predicted octanol–water partition coefficient (Wildman–Crippen LogP) is 23.0. The minimum absolute atomic E-state index is 0.114. The van der Waals surface area contributed by atoms with E-state index in [1.54, 1.807) is 0 Å². The standard InChI is InChI=1S/C76H120O6/c1-4-7-10-13-16-19-22-25-27-29-31-32-33-34-35-36-37-38-39-40-41-42-43-44-45-47-48-51-54-57-60-63-66-69-75(78)81-72-73(71-80-74(77)68-65-62-59-56-53-50-24-21-18-15-12-9-6-3)82-76(79)70-67-64-61-58-55-52-49-46-30-28-26-23-20-17-14-11-8-5-2/h7,9-10,12,16,18-21,23,25,27-28,30-32,34-35,37-38,40-41,43-44,50,53,59,62,73H,4-6,8,11,13-15,17,22,24,26,29,33,36,39,42,45-49,51-52,54-58,60-61,63-72H2,1-3H3/b10-7-,12-9-,19-16-,21-18-,23-20-,27-25-,30-28-,32-31-,35-34-,38-37-,41-40-,44-43-,53-50-,62-59-. The van der Waals surface area contributed by atoms with Gasteiger partial charge in [0.25, 0.3) is 0 Å². The molecule has 0 fully saturated rings. The van der Waals surface area contributed by atoms with Crippen LogP contribution in [0.4, 0.5) is 0 Å². The Hall–Kier alpha value is -5.23. The van der Waals surface area contributed by atoms with E-state index in [1.165, 1.54) is 89.9 Å². The van der Waals surface area contributed by atoms with Gasteiger partial charge in [0.15, 0.2) is 6.10 Å². The van der Waals surface area contributed by atoms with Crippen LogP contribution in [0.3, 0.4) is 0 Å². The van der Waals surface area contributed by atoms with Gasteiger partial charge in [-0.05, 0) is 141 Å². The Morgan fingerprint density at radius 2 is 0.500 bits per heavy atom. The number of esters is 3. The van der Waals surface area contributed by atoms with Gasteiger partial charge in [-0.25, -0.2) is 0 Å². The lowest BCUT2D eigenvalue weighted by Crippen LogP contribution is -2.30. The van der Waals surface area contributed by atoms with Gasteiger partial charge >= 0.3 is 17.9 Å². The van der Waals surface area contributed by atoms with Crippen LogP contribution in [0.5, 0.6) is 0 Å². The van der Waals surface area contributed by atoms with Crippen LogP contribution in [0, 0.1) is 0 Å². The van der Waals surface area contributed by atoms with Crippen molar-refractivity contribution in [3.63, 3.8) is 0 Å². The Kier molecular flexibility index (Phi) is 63.9. The van der Waals surface area contributed by atoms with Gasteiger partial charge in [0, 0.05) is 19.3 Å². The van der Waals surface area contributed by atoms with Crippen LogP contribution in [-0.2, 0) is 28.6 Å².